The Morgan fingerprint density at radius 1 is 1.47 bits per heavy atom. The standard InChI is InChI=1S/C11H11BrN2O3/c12-8-6-13-5-2-7(8)9(15)14-11(10(16)17)3-1-4-11/h2,5-6H,1,3-4H2,(H,14,15)(H,16,17). The van der Waals surface area contributed by atoms with Crippen LogP contribution in [-0.2, 0) is 4.79 Å². The lowest BCUT2D eigenvalue weighted by Crippen LogP contribution is -2.59. The maximum atomic E-state index is 11.9. The smallest absolute Gasteiger partial charge is 0.329 e. The Bertz CT molecular complexity index is 472. The van der Waals surface area contributed by atoms with Gasteiger partial charge in [-0.3, -0.25) is 9.78 Å². The van der Waals surface area contributed by atoms with Crippen LogP contribution in [0.3, 0.4) is 0 Å². The number of carboxylic acids is 1. The number of nitrogens with zero attached hydrogens (tertiary/aromatic N) is 1. The van der Waals surface area contributed by atoms with Crippen molar-refractivity contribution in [3.63, 3.8) is 0 Å². The topological polar surface area (TPSA) is 79.3 Å². The quantitative estimate of drug-likeness (QED) is 0.888. The van der Waals surface area contributed by atoms with E-state index in [0.29, 0.717) is 22.9 Å². The van der Waals surface area contributed by atoms with Crippen LogP contribution in [0.25, 0.3) is 0 Å². The van der Waals surface area contributed by atoms with Crippen molar-refractivity contribution in [3.05, 3.63) is 28.5 Å². The average Bonchev–Trinajstić information content (AvgIpc) is 2.23. The molecule has 1 fully saturated rings. The van der Waals surface area contributed by atoms with E-state index in [2.05, 4.69) is 26.2 Å². The zero-order valence-corrected chi connectivity index (χ0v) is 10.5. The Balaban J connectivity index is 2.17. The van der Waals surface area contributed by atoms with Gasteiger partial charge in [0.2, 0.25) is 0 Å². The average molecular weight is 299 g/mol. The molecule has 1 aromatic heterocycles. The van der Waals surface area contributed by atoms with E-state index in [9.17, 15) is 9.59 Å². The number of aromatic nitrogens is 1. The lowest BCUT2D eigenvalue weighted by molar-refractivity contribution is -0.148. The number of hydrogen-bond donors (Lipinski definition) is 2. The van der Waals surface area contributed by atoms with Crippen LogP contribution in [0.5, 0.6) is 0 Å². The molecule has 1 heterocycles. The van der Waals surface area contributed by atoms with Gasteiger partial charge in [0.1, 0.15) is 5.54 Å². The highest BCUT2D eigenvalue weighted by Crippen LogP contribution is 2.32. The Labute approximate surface area is 106 Å². The van der Waals surface area contributed by atoms with Crippen molar-refractivity contribution < 1.29 is 14.7 Å². The minimum Gasteiger partial charge on any atom is -0.480 e. The minimum absolute atomic E-state index is 0.388. The molecule has 1 aliphatic carbocycles. The van der Waals surface area contributed by atoms with Crippen molar-refractivity contribution in [1.29, 1.82) is 0 Å². The second-order valence-electron chi connectivity index (χ2n) is 4.05. The number of carbonyl (C=O) groups excluding carboxylic acids is 1. The minimum atomic E-state index is -1.08. The summed E-state index contributed by atoms with van der Waals surface area (Å²) in [4.78, 5) is 26.9. The molecule has 1 aliphatic rings. The summed E-state index contributed by atoms with van der Waals surface area (Å²) in [7, 11) is 0. The highest BCUT2D eigenvalue weighted by Gasteiger charge is 2.45. The maximum Gasteiger partial charge on any atom is 0.329 e. The third-order valence-electron chi connectivity index (χ3n) is 2.99. The van der Waals surface area contributed by atoms with E-state index in [1.165, 1.54) is 12.4 Å². The molecule has 1 amide bonds. The van der Waals surface area contributed by atoms with Gasteiger partial charge in [0, 0.05) is 16.9 Å². The molecule has 0 spiro atoms. The molecule has 2 rings (SSSR count). The summed E-state index contributed by atoms with van der Waals surface area (Å²) in [5.74, 6) is -1.36. The number of carboxylic acid groups (broad SMARTS) is 1. The van der Waals surface area contributed by atoms with E-state index in [0.717, 1.165) is 6.42 Å². The lowest BCUT2D eigenvalue weighted by atomic mass is 9.76. The monoisotopic (exact) mass is 298 g/mol. The fourth-order valence-corrected chi connectivity index (χ4v) is 2.20. The molecular formula is C11H11BrN2O3. The summed E-state index contributed by atoms with van der Waals surface area (Å²) >= 11 is 3.21. The first-order valence-corrected chi connectivity index (χ1v) is 6.00. The number of aliphatic carboxylic acids is 1. The van der Waals surface area contributed by atoms with Crippen LogP contribution >= 0.6 is 15.9 Å². The largest absolute Gasteiger partial charge is 0.480 e. The fourth-order valence-electron chi connectivity index (χ4n) is 1.77. The normalized spacial score (nSPS) is 17.0. The number of rotatable bonds is 3. The van der Waals surface area contributed by atoms with Gasteiger partial charge in [0.05, 0.1) is 5.56 Å². The van der Waals surface area contributed by atoms with Crippen LogP contribution in [0.4, 0.5) is 0 Å². The van der Waals surface area contributed by atoms with Crippen molar-refractivity contribution in [1.82, 2.24) is 10.3 Å². The van der Waals surface area contributed by atoms with E-state index < -0.39 is 11.5 Å². The first-order chi connectivity index (χ1) is 8.05. The summed E-state index contributed by atoms with van der Waals surface area (Å²) in [5.41, 5.74) is -0.688. The number of halogens is 1. The van der Waals surface area contributed by atoms with E-state index >= 15 is 0 Å². The number of amides is 1. The van der Waals surface area contributed by atoms with Gasteiger partial charge in [-0.15, -0.1) is 0 Å². The highest BCUT2D eigenvalue weighted by atomic mass is 79.9. The molecule has 0 radical (unpaired) electrons. The van der Waals surface area contributed by atoms with Gasteiger partial charge in [0.25, 0.3) is 5.91 Å². The Hall–Kier alpha value is -1.43. The van der Waals surface area contributed by atoms with E-state index in [-0.39, 0.29) is 5.91 Å². The Kier molecular flexibility index (Phi) is 3.15. The molecule has 0 aromatic carbocycles. The van der Waals surface area contributed by atoms with Crippen LogP contribution in [0.15, 0.2) is 22.9 Å². The number of nitrogens with one attached hydrogen (secondary N) is 1. The molecular weight excluding hydrogens is 288 g/mol. The first kappa shape index (κ1) is 12.0. The van der Waals surface area contributed by atoms with Crippen molar-refractivity contribution in [2.75, 3.05) is 0 Å². The lowest BCUT2D eigenvalue weighted by Gasteiger charge is -2.38. The molecule has 0 atom stereocenters. The SMILES string of the molecule is O=C(NC1(C(=O)O)CCC1)c1ccncc1Br. The zero-order valence-electron chi connectivity index (χ0n) is 8.94. The van der Waals surface area contributed by atoms with Crippen molar-refractivity contribution in [2.24, 2.45) is 0 Å². The summed E-state index contributed by atoms with van der Waals surface area (Å²) in [6.45, 7) is 0. The molecule has 0 bridgehead atoms. The third-order valence-corrected chi connectivity index (χ3v) is 3.62. The number of carbonyl (C=O) groups is 2. The van der Waals surface area contributed by atoms with Crippen molar-refractivity contribution in [2.45, 2.75) is 24.8 Å². The molecule has 5 nitrogen and oxygen atoms in total. The molecule has 0 aliphatic heterocycles. The van der Waals surface area contributed by atoms with Gasteiger partial charge in [-0.1, -0.05) is 0 Å². The zero-order chi connectivity index (χ0) is 12.5. The van der Waals surface area contributed by atoms with Gasteiger partial charge in [0.15, 0.2) is 0 Å². The summed E-state index contributed by atoms with van der Waals surface area (Å²) in [5, 5.41) is 11.7. The summed E-state index contributed by atoms with van der Waals surface area (Å²) in [6.07, 6.45) is 4.79. The highest BCUT2D eigenvalue weighted by molar-refractivity contribution is 9.10. The molecule has 1 saturated carbocycles. The maximum absolute atomic E-state index is 11.9. The van der Waals surface area contributed by atoms with Gasteiger partial charge in [-0.2, -0.15) is 0 Å². The van der Waals surface area contributed by atoms with Gasteiger partial charge in [-0.25, -0.2) is 4.79 Å². The van der Waals surface area contributed by atoms with E-state index in [4.69, 9.17) is 5.11 Å². The summed E-state index contributed by atoms with van der Waals surface area (Å²) in [6, 6.07) is 1.55. The predicted octanol–water partition coefficient (Wildman–Crippen LogP) is 1.58. The third kappa shape index (κ3) is 2.17. The van der Waals surface area contributed by atoms with Crippen LogP contribution in [0.1, 0.15) is 29.6 Å². The summed E-state index contributed by atoms with van der Waals surface area (Å²) < 4.78 is 0.553. The molecule has 1 aromatic rings. The van der Waals surface area contributed by atoms with Crippen LogP contribution < -0.4 is 5.32 Å². The predicted molar refractivity (Wildman–Crippen MR) is 63.6 cm³/mol. The number of hydrogen-bond acceptors (Lipinski definition) is 3. The Morgan fingerprint density at radius 3 is 2.65 bits per heavy atom. The Morgan fingerprint density at radius 2 is 2.18 bits per heavy atom. The van der Waals surface area contributed by atoms with Crippen molar-refractivity contribution >= 4 is 27.8 Å². The first-order valence-electron chi connectivity index (χ1n) is 5.21. The van der Waals surface area contributed by atoms with Crippen LogP contribution in [-0.4, -0.2) is 27.5 Å². The van der Waals surface area contributed by atoms with E-state index in [1.54, 1.807) is 6.07 Å². The van der Waals surface area contributed by atoms with Crippen molar-refractivity contribution in [3.8, 4) is 0 Å². The van der Waals surface area contributed by atoms with Crippen LogP contribution in [0.2, 0.25) is 0 Å². The molecule has 2 N–H and O–H groups in total. The second-order valence-corrected chi connectivity index (χ2v) is 4.90. The molecule has 0 unspecified atom stereocenters. The second kappa shape index (κ2) is 4.44. The molecule has 90 valence electrons. The number of pyridine rings is 1. The van der Waals surface area contributed by atoms with E-state index in [1.807, 2.05) is 0 Å². The van der Waals surface area contributed by atoms with Crippen LogP contribution in [0, 0.1) is 0 Å². The van der Waals surface area contributed by atoms with Gasteiger partial charge < -0.3 is 10.4 Å². The fraction of sp³-hybridized carbons (Fsp3) is 0.364. The molecule has 17 heavy (non-hydrogen) atoms. The van der Waals surface area contributed by atoms with Gasteiger partial charge in [-0.05, 0) is 41.3 Å². The van der Waals surface area contributed by atoms with Gasteiger partial charge >= 0.3 is 5.97 Å². The molecule has 0 saturated heterocycles. The molecule has 6 heteroatoms.